The highest BCUT2D eigenvalue weighted by Crippen LogP contribution is 2.21. The number of carbonyl (C=O) groups excluding carboxylic acids is 1. The molecule has 20 heavy (non-hydrogen) atoms. The summed E-state index contributed by atoms with van der Waals surface area (Å²) in [5.41, 5.74) is 9.26. The maximum Gasteiger partial charge on any atom is 0.169 e. The molecule has 0 atom stereocenters. The first-order valence-electron chi connectivity index (χ1n) is 6.64. The highest BCUT2D eigenvalue weighted by atomic mass is 79.9. The summed E-state index contributed by atoms with van der Waals surface area (Å²) < 4.78 is 0.866. The summed E-state index contributed by atoms with van der Waals surface area (Å²) in [6.45, 7) is 4.31. The van der Waals surface area contributed by atoms with Crippen LogP contribution in [0.15, 0.2) is 46.9 Å². The molecule has 104 valence electrons. The van der Waals surface area contributed by atoms with Gasteiger partial charge in [-0.3, -0.25) is 4.79 Å². The minimum absolute atomic E-state index is 0.0427. The van der Waals surface area contributed by atoms with Crippen molar-refractivity contribution in [3.63, 3.8) is 0 Å². The zero-order valence-corrected chi connectivity index (χ0v) is 13.3. The van der Waals surface area contributed by atoms with Crippen molar-refractivity contribution >= 4 is 27.4 Å². The Morgan fingerprint density at radius 3 is 2.40 bits per heavy atom. The minimum Gasteiger partial charge on any atom is -0.398 e. The van der Waals surface area contributed by atoms with E-state index in [1.807, 2.05) is 18.2 Å². The highest BCUT2D eigenvalue weighted by Gasteiger charge is 2.11. The number of nitrogens with two attached hydrogens (primary N) is 1. The van der Waals surface area contributed by atoms with E-state index in [-0.39, 0.29) is 5.78 Å². The number of hydrogen-bond acceptors (Lipinski definition) is 2. The Morgan fingerprint density at radius 2 is 1.80 bits per heavy atom. The molecular formula is C17H18BrNO. The smallest absolute Gasteiger partial charge is 0.169 e. The number of nitrogen functional groups attached to an aromatic ring is 1. The second-order valence-electron chi connectivity index (χ2n) is 5.23. The standard InChI is InChI=1S/C17H18BrNO/c1-11(2)13-5-3-12(4-6-13)9-17(20)15-10-14(18)7-8-16(15)19/h3-8,10-11H,9,19H2,1-2H3. The van der Waals surface area contributed by atoms with Crippen LogP contribution in [-0.2, 0) is 6.42 Å². The molecule has 0 aliphatic rings. The summed E-state index contributed by atoms with van der Waals surface area (Å²) in [5.74, 6) is 0.543. The first-order valence-corrected chi connectivity index (χ1v) is 7.43. The Bertz CT molecular complexity index is 617. The van der Waals surface area contributed by atoms with Gasteiger partial charge in [-0.1, -0.05) is 54.0 Å². The molecule has 0 fully saturated rings. The second-order valence-corrected chi connectivity index (χ2v) is 6.14. The van der Waals surface area contributed by atoms with E-state index in [1.54, 1.807) is 12.1 Å². The van der Waals surface area contributed by atoms with Gasteiger partial charge in [0.15, 0.2) is 5.78 Å². The van der Waals surface area contributed by atoms with Crippen molar-refractivity contribution in [2.75, 3.05) is 5.73 Å². The predicted molar refractivity (Wildman–Crippen MR) is 87.1 cm³/mol. The molecule has 2 rings (SSSR count). The number of anilines is 1. The largest absolute Gasteiger partial charge is 0.398 e. The molecule has 0 saturated carbocycles. The van der Waals surface area contributed by atoms with Crippen LogP contribution in [0.1, 0.15) is 41.3 Å². The Balaban J connectivity index is 2.17. The average molecular weight is 332 g/mol. The lowest BCUT2D eigenvalue weighted by atomic mass is 9.98. The molecule has 0 aliphatic carbocycles. The molecule has 2 nitrogen and oxygen atoms in total. The Morgan fingerprint density at radius 1 is 1.15 bits per heavy atom. The van der Waals surface area contributed by atoms with E-state index in [4.69, 9.17) is 5.73 Å². The number of ketones is 1. The number of benzene rings is 2. The van der Waals surface area contributed by atoms with Crippen LogP contribution in [0.4, 0.5) is 5.69 Å². The zero-order chi connectivity index (χ0) is 14.7. The molecule has 2 aromatic rings. The van der Waals surface area contributed by atoms with Gasteiger partial charge < -0.3 is 5.73 Å². The molecule has 2 aromatic carbocycles. The Labute approximate surface area is 128 Å². The highest BCUT2D eigenvalue weighted by molar-refractivity contribution is 9.10. The van der Waals surface area contributed by atoms with Crippen molar-refractivity contribution < 1.29 is 4.79 Å². The van der Waals surface area contributed by atoms with E-state index in [9.17, 15) is 4.79 Å². The lowest BCUT2D eigenvalue weighted by Gasteiger charge is -2.08. The van der Waals surface area contributed by atoms with E-state index in [0.29, 0.717) is 23.6 Å². The lowest BCUT2D eigenvalue weighted by molar-refractivity contribution is 0.0994. The van der Waals surface area contributed by atoms with Crippen LogP contribution in [0.2, 0.25) is 0 Å². The Kier molecular flexibility index (Phi) is 4.61. The molecule has 3 heteroatoms. The van der Waals surface area contributed by atoms with E-state index in [1.165, 1.54) is 5.56 Å². The lowest BCUT2D eigenvalue weighted by Crippen LogP contribution is -2.07. The predicted octanol–water partition coefficient (Wildman–Crippen LogP) is 4.58. The van der Waals surface area contributed by atoms with Crippen LogP contribution >= 0.6 is 15.9 Å². The molecule has 0 radical (unpaired) electrons. The van der Waals surface area contributed by atoms with Crippen molar-refractivity contribution in [2.24, 2.45) is 0 Å². The summed E-state index contributed by atoms with van der Waals surface area (Å²) in [7, 11) is 0. The van der Waals surface area contributed by atoms with E-state index in [0.717, 1.165) is 10.0 Å². The number of carbonyl (C=O) groups is 1. The van der Waals surface area contributed by atoms with E-state index >= 15 is 0 Å². The van der Waals surface area contributed by atoms with Crippen molar-refractivity contribution in [1.29, 1.82) is 0 Å². The molecule has 0 spiro atoms. The third kappa shape index (κ3) is 3.48. The van der Waals surface area contributed by atoms with E-state index in [2.05, 4.69) is 41.9 Å². The fourth-order valence-corrected chi connectivity index (χ4v) is 2.43. The van der Waals surface area contributed by atoms with Crippen molar-refractivity contribution in [2.45, 2.75) is 26.2 Å². The number of Topliss-reactive ketones (excluding diaryl/α,β-unsaturated/α-hetero) is 1. The molecule has 0 aromatic heterocycles. The topological polar surface area (TPSA) is 43.1 Å². The maximum absolute atomic E-state index is 12.3. The second kappa shape index (κ2) is 6.23. The third-order valence-corrected chi connectivity index (χ3v) is 3.82. The van der Waals surface area contributed by atoms with Crippen LogP contribution in [-0.4, -0.2) is 5.78 Å². The third-order valence-electron chi connectivity index (χ3n) is 3.33. The molecule has 0 amide bonds. The zero-order valence-electron chi connectivity index (χ0n) is 11.7. The van der Waals surface area contributed by atoms with Crippen LogP contribution in [0, 0.1) is 0 Å². The normalized spacial score (nSPS) is 10.8. The number of rotatable bonds is 4. The first-order chi connectivity index (χ1) is 9.47. The summed E-state index contributed by atoms with van der Waals surface area (Å²) in [6, 6.07) is 13.6. The van der Waals surface area contributed by atoms with Crippen molar-refractivity contribution in [1.82, 2.24) is 0 Å². The Hall–Kier alpha value is -1.61. The molecule has 0 bridgehead atoms. The summed E-state index contributed by atoms with van der Waals surface area (Å²) >= 11 is 3.37. The van der Waals surface area contributed by atoms with Crippen LogP contribution in [0.5, 0.6) is 0 Å². The van der Waals surface area contributed by atoms with Gasteiger partial charge in [0.1, 0.15) is 0 Å². The van der Waals surface area contributed by atoms with Crippen molar-refractivity contribution in [3.8, 4) is 0 Å². The first kappa shape index (κ1) is 14.8. The molecule has 2 N–H and O–H groups in total. The maximum atomic E-state index is 12.3. The summed E-state index contributed by atoms with van der Waals surface area (Å²) in [5, 5.41) is 0. The van der Waals surface area contributed by atoms with Gasteiger partial charge in [0.25, 0.3) is 0 Å². The molecule has 0 saturated heterocycles. The van der Waals surface area contributed by atoms with Gasteiger partial charge in [0.05, 0.1) is 0 Å². The average Bonchev–Trinajstić information content (AvgIpc) is 2.42. The fourth-order valence-electron chi connectivity index (χ4n) is 2.07. The van der Waals surface area contributed by atoms with Gasteiger partial charge in [0.2, 0.25) is 0 Å². The monoisotopic (exact) mass is 331 g/mol. The number of hydrogen-bond donors (Lipinski definition) is 1. The minimum atomic E-state index is 0.0427. The van der Waals surface area contributed by atoms with Crippen molar-refractivity contribution in [3.05, 3.63) is 63.6 Å². The molecule has 0 unspecified atom stereocenters. The van der Waals surface area contributed by atoms with Crippen LogP contribution in [0.3, 0.4) is 0 Å². The van der Waals surface area contributed by atoms with Gasteiger partial charge in [-0.2, -0.15) is 0 Å². The van der Waals surface area contributed by atoms with Gasteiger partial charge in [-0.05, 0) is 35.2 Å². The van der Waals surface area contributed by atoms with Gasteiger partial charge in [-0.15, -0.1) is 0 Å². The fraction of sp³-hybridized carbons (Fsp3) is 0.235. The van der Waals surface area contributed by atoms with Crippen LogP contribution < -0.4 is 5.73 Å². The SMILES string of the molecule is CC(C)c1ccc(CC(=O)c2cc(Br)ccc2N)cc1. The van der Waals surface area contributed by atoms with Gasteiger partial charge in [0, 0.05) is 22.1 Å². The summed E-state index contributed by atoms with van der Waals surface area (Å²) in [4.78, 5) is 12.3. The molecule has 0 heterocycles. The van der Waals surface area contributed by atoms with Crippen LogP contribution in [0.25, 0.3) is 0 Å². The van der Waals surface area contributed by atoms with Gasteiger partial charge in [-0.25, -0.2) is 0 Å². The molecule has 0 aliphatic heterocycles. The molecular weight excluding hydrogens is 314 g/mol. The number of halogens is 1. The van der Waals surface area contributed by atoms with E-state index < -0.39 is 0 Å². The van der Waals surface area contributed by atoms with Gasteiger partial charge >= 0.3 is 0 Å². The quantitative estimate of drug-likeness (QED) is 0.658. The summed E-state index contributed by atoms with van der Waals surface area (Å²) in [6.07, 6.45) is 0.374.